The van der Waals surface area contributed by atoms with E-state index in [9.17, 15) is 14.4 Å². The van der Waals surface area contributed by atoms with Crippen molar-refractivity contribution in [2.75, 3.05) is 18.5 Å². The predicted molar refractivity (Wildman–Crippen MR) is 127 cm³/mol. The number of nitrogens with one attached hydrogen (secondary N) is 1. The molecular weight excluding hydrogens is 444 g/mol. The zero-order valence-corrected chi connectivity index (χ0v) is 18.9. The van der Waals surface area contributed by atoms with Crippen molar-refractivity contribution >= 4 is 32.6 Å². The van der Waals surface area contributed by atoms with Crippen LogP contribution in [0.2, 0.25) is 0 Å². The number of carbonyl (C=O) groups is 1. The van der Waals surface area contributed by atoms with Gasteiger partial charge in [-0.1, -0.05) is 23.5 Å². The van der Waals surface area contributed by atoms with Gasteiger partial charge >= 0.3 is 11.1 Å². The lowest BCUT2D eigenvalue weighted by atomic mass is 10.3. The molecule has 9 nitrogen and oxygen atoms in total. The summed E-state index contributed by atoms with van der Waals surface area (Å²) in [6.07, 6.45) is 2.85. The van der Waals surface area contributed by atoms with Gasteiger partial charge in [-0.25, -0.2) is 4.98 Å². The van der Waals surface area contributed by atoms with Crippen LogP contribution in [0, 0.1) is 0 Å². The number of rotatable bonds is 8. The van der Waals surface area contributed by atoms with Crippen LogP contribution >= 0.6 is 11.3 Å². The van der Waals surface area contributed by atoms with Crippen molar-refractivity contribution in [3.05, 3.63) is 75.6 Å². The van der Waals surface area contributed by atoms with Gasteiger partial charge in [0.15, 0.2) is 5.13 Å². The zero-order chi connectivity index (χ0) is 23.4. The van der Waals surface area contributed by atoms with E-state index in [-0.39, 0.29) is 6.54 Å². The van der Waals surface area contributed by atoms with Crippen molar-refractivity contribution in [2.45, 2.75) is 20.4 Å². The molecule has 0 saturated carbocycles. The molecule has 170 valence electrons. The van der Waals surface area contributed by atoms with E-state index >= 15 is 0 Å². The summed E-state index contributed by atoms with van der Waals surface area (Å²) in [5, 5.41) is 3.09. The summed E-state index contributed by atoms with van der Waals surface area (Å²) in [7, 11) is 0. The number of fused-ring (bicyclic) bond motifs is 1. The Morgan fingerprint density at radius 3 is 2.61 bits per heavy atom. The first-order valence-electron chi connectivity index (χ1n) is 10.4. The summed E-state index contributed by atoms with van der Waals surface area (Å²) < 4.78 is 14.2. The lowest BCUT2D eigenvalue weighted by Gasteiger charge is -2.12. The summed E-state index contributed by atoms with van der Waals surface area (Å²) in [5.41, 5.74) is -0.432. The Labute approximate surface area is 192 Å². The Kier molecular flexibility index (Phi) is 6.55. The Bertz CT molecular complexity index is 1420. The van der Waals surface area contributed by atoms with E-state index in [1.54, 1.807) is 30.3 Å². The number of anilines is 1. The molecule has 1 amide bonds. The maximum atomic E-state index is 12.7. The molecule has 4 aromatic rings. The van der Waals surface area contributed by atoms with Crippen molar-refractivity contribution in [1.82, 2.24) is 14.1 Å². The second kappa shape index (κ2) is 9.70. The van der Waals surface area contributed by atoms with Crippen molar-refractivity contribution in [3.8, 4) is 17.2 Å². The molecule has 2 aromatic heterocycles. The van der Waals surface area contributed by atoms with Crippen LogP contribution in [0.1, 0.15) is 13.8 Å². The third-order valence-electron chi connectivity index (χ3n) is 4.71. The maximum Gasteiger partial charge on any atom is 0.321 e. The molecule has 10 heteroatoms. The van der Waals surface area contributed by atoms with Crippen LogP contribution in [0.3, 0.4) is 0 Å². The molecule has 2 aromatic carbocycles. The quantitative estimate of drug-likeness (QED) is 0.400. The lowest BCUT2D eigenvalue weighted by molar-refractivity contribution is -0.116. The van der Waals surface area contributed by atoms with E-state index < -0.39 is 17.0 Å². The first kappa shape index (κ1) is 22.3. The highest BCUT2D eigenvalue weighted by Crippen LogP contribution is 2.29. The zero-order valence-electron chi connectivity index (χ0n) is 18.1. The van der Waals surface area contributed by atoms with Gasteiger partial charge in [0.05, 0.1) is 29.1 Å². The van der Waals surface area contributed by atoms with Crippen LogP contribution in [-0.2, 0) is 11.3 Å². The van der Waals surface area contributed by atoms with Crippen LogP contribution in [0.4, 0.5) is 5.13 Å². The molecule has 33 heavy (non-hydrogen) atoms. The number of amides is 1. The number of benzene rings is 2. The molecule has 0 saturated heterocycles. The van der Waals surface area contributed by atoms with Gasteiger partial charge in [0.1, 0.15) is 18.0 Å². The molecule has 0 aliphatic heterocycles. The Morgan fingerprint density at radius 1 is 1.03 bits per heavy atom. The van der Waals surface area contributed by atoms with Crippen LogP contribution in [0.25, 0.3) is 15.9 Å². The van der Waals surface area contributed by atoms with Crippen LogP contribution in [0.5, 0.6) is 11.5 Å². The number of hydrogen-bond acceptors (Lipinski definition) is 7. The van der Waals surface area contributed by atoms with E-state index in [1.807, 2.05) is 26.0 Å². The molecule has 0 aliphatic carbocycles. The van der Waals surface area contributed by atoms with E-state index in [4.69, 9.17) is 9.47 Å². The number of carbonyl (C=O) groups excluding carboxylic acids is 1. The second-order valence-corrected chi connectivity index (χ2v) is 7.97. The van der Waals surface area contributed by atoms with Gasteiger partial charge in [-0.05, 0) is 38.1 Å². The molecule has 0 radical (unpaired) electrons. The van der Waals surface area contributed by atoms with Gasteiger partial charge in [-0.15, -0.1) is 0 Å². The monoisotopic (exact) mass is 466 g/mol. The highest BCUT2D eigenvalue weighted by atomic mass is 32.1. The fraction of sp³-hybridized carbons (Fsp3) is 0.217. The highest BCUT2D eigenvalue weighted by molar-refractivity contribution is 7.22. The topological polar surface area (TPSA) is 104 Å². The molecule has 1 N–H and O–H groups in total. The standard InChI is InChI=1S/C23H22N4O5S/c1-3-31-15-9-10-19-16(13-15)24-23(33-19)25-20(28)14-26-11-12-27(22(30)21(26)29)17-7-5-6-8-18(17)32-4-2/h5-13H,3-4,14H2,1-2H3,(H,24,25,28). The van der Waals surface area contributed by atoms with Gasteiger partial charge in [0, 0.05) is 18.5 Å². The minimum absolute atomic E-state index is 0.317. The highest BCUT2D eigenvalue weighted by Gasteiger charge is 2.14. The molecule has 0 unspecified atom stereocenters. The Hall–Kier alpha value is -3.92. The normalized spacial score (nSPS) is 10.8. The first-order valence-corrected chi connectivity index (χ1v) is 11.2. The molecule has 0 aliphatic rings. The van der Waals surface area contributed by atoms with Crippen molar-refractivity contribution in [3.63, 3.8) is 0 Å². The second-order valence-electron chi connectivity index (χ2n) is 6.94. The average molecular weight is 467 g/mol. The van der Waals surface area contributed by atoms with Crippen LogP contribution in [0.15, 0.2) is 64.4 Å². The largest absolute Gasteiger partial charge is 0.494 e. The summed E-state index contributed by atoms with van der Waals surface area (Å²) in [6, 6.07) is 12.5. The number of ether oxygens (including phenoxy) is 2. The molecule has 0 fully saturated rings. The third kappa shape index (κ3) is 4.80. The molecule has 2 heterocycles. The van der Waals surface area contributed by atoms with Crippen molar-refractivity contribution in [1.29, 1.82) is 0 Å². The van der Waals surface area contributed by atoms with E-state index in [2.05, 4.69) is 10.3 Å². The van der Waals surface area contributed by atoms with E-state index in [0.717, 1.165) is 9.27 Å². The minimum atomic E-state index is -0.815. The lowest BCUT2D eigenvalue weighted by Crippen LogP contribution is -2.41. The fourth-order valence-electron chi connectivity index (χ4n) is 3.29. The van der Waals surface area contributed by atoms with Crippen LogP contribution in [-0.4, -0.2) is 33.2 Å². The van der Waals surface area contributed by atoms with Gasteiger partial charge < -0.3 is 14.8 Å². The SMILES string of the molecule is CCOc1ccc2sc(NC(=O)Cn3ccn(-c4ccccc4OCC)c(=O)c3=O)nc2c1. The Balaban J connectivity index is 1.53. The summed E-state index contributed by atoms with van der Waals surface area (Å²) in [5.74, 6) is 0.722. The van der Waals surface area contributed by atoms with Gasteiger partial charge in [-0.2, -0.15) is 0 Å². The maximum absolute atomic E-state index is 12.7. The molecule has 0 atom stereocenters. The Morgan fingerprint density at radius 2 is 1.82 bits per heavy atom. The summed E-state index contributed by atoms with van der Waals surface area (Å²) in [6.45, 7) is 4.38. The number of hydrogen-bond donors (Lipinski definition) is 1. The number of aromatic nitrogens is 3. The van der Waals surface area contributed by atoms with E-state index in [0.29, 0.717) is 41.0 Å². The molecule has 0 spiro atoms. The molecule has 0 bridgehead atoms. The summed E-state index contributed by atoms with van der Waals surface area (Å²) in [4.78, 5) is 42.3. The molecular formula is C23H22N4O5S. The predicted octanol–water partition coefficient (Wildman–Crippen LogP) is 3.05. The first-order chi connectivity index (χ1) is 16.0. The fourth-order valence-corrected chi connectivity index (χ4v) is 4.15. The van der Waals surface area contributed by atoms with Crippen molar-refractivity contribution in [2.24, 2.45) is 0 Å². The van der Waals surface area contributed by atoms with E-state index in [1.165, 1.54) is 28.3 Å². The number of para-hydroxylation sites is 2. The number of thiazole rings is 1. The average Bonchev–Trinajstić information content (AvgIpc) is 3.19. The summed E-state index contributed by atoms with van der Waals surface area (Å²) >= 11 is 1.31. The smallest absolute Gasteiger partial charge is 0.321 e. The van der Waals surface area contributed by atoms with Gasteiger partial charge in [0.25, 0.3) is 0 Å². The minimum Gasteiger partial charge on any atom is -0.494 e. The number of nitrogens with zero attached hydrogens (tertiary/aromatic N) is 3. The van der Waals surface area contributed by atoms with Gasteiger partial charge in [-0.3, -0.25) is 23.5 Å². The molecule has 4 rings (SSSR count). The third-order valence-corrected chi connectivity index (χ3v) is 5.67. The van der Waals surface area contributed by atoms with Crippen LogP contribution < -0.4 is 25.9 Å². The van der Waals surface area contributed by atoms with Crippen molar-refractivity contribution < 1.29 is 14.3 Å². The van der Waals surface area contributed by atoms with Gasteiger partial charge in [0.2, 0.25) is 5.91 Å².